The monoisotopic (exact) mass is 320 g/mol. The van der Waals surface area contributed by atoms with Crippen molar-refractivity contribution in [2.75, 3.05) is 5.33 Å². The molecule has 1 amide bonds. The molecule has 19 heavy (non-hydrogen) atoms. The van der Waals surface area contributed by atoms with Gasteiger partial charge in [0.2, 0.25) is 0 Å². The van der Waals surface area contributed by atoms with Crippen LogP contribution in [0.5, 0.6) is 0 Å². The number of hydrogen-bond donors (Lipinski definition) is 1. The average molecular weight is 321 g/mol. The van der Waals surface area contributed by atoms with Crippen LogP contribution in [0.1, 0.15) is 30.6 Å². The summed E-state index contributed by atoms with van der Waals surface area (Å²) in [4.78, 5) is 16.7. The van der Waals surface area contributed by atoms with Crippen molar-refractivity contribution < 1.29 is 4.79 Å². The molecule has 4 heteroatoms. The molecule has 0 radical (unpaired) electrons. The lowest BCUT2D eigenvalue weighted by molar-refractivity contribution is 0.0915. The third-order valence-electron chi connectivity index (χ3n) is 3.37. The smallest absolute Gasteiger partial charge is 0.253 e. The molecule has 0 aliphatic carbocycles. The Morgan fingerprint density at radius 2 is 2.11 bits per heavy atom. The molecule has 1 N–H and O–H groups in total. The third-order valence-corrected chi connectivity index (χ3v) is 4.61. The predicted molar refractivity (Wildman–Crippen MR) is 81.7 cm³/mol. The van der Waals surface area contributed by atoms with E-state index in [1.807, 2.05) is 37.3 Å². The Bertz CT molecular complexity index is 588. The Kier molecular flexibility index (Phi) is 4.20. The number of rotatable bonds is 4. The lowest BCUT2D eigenvalue weighted by Gasteiger charge is -2.27. The molecular formula is C15H17BrN2O. The number of nitrogens with one attached hydrogen (secondary N) is 1. The summed E-state index contributed by atoms with van der Waals surface area (Å²) in [6.07, 6.45) is 2.57. The maximum atomic E-state index is 12.4. The summed E-state index contributed by atoms with van der Waals surface area (Å²) in [5, 5.41) is 4.78. The summed E-state index contributed by atoms with van der Waals surface area (Å²) in [6, 6.07) is 9.50. The van der Waals surface area contributed by atoms with Crippen LogP contribution in [0.15, 0.2) is 36.5 Å². The van der Waals surface area contributed by atoms with Crippen LogP contribution in [0.3, 0.4) is 0 Å². The molecule has 2 aromatic rings. The number of alkyl halides is 1. The number of carbonyl (C=O) groups is 1. The van der Waals surface area contributed by atoms with Crippen LogP contribution < -0.4 is 5.32 Å². The molecule has 1 aromatic carbocycles. The number of pyridine rings is 1. The number of nitrogens with zero attached hydrogens (tertiary/aromatic N) is 1. The van der Waals surface area contributed by atoms with Crippen LogP contribution in [0.4, 0.5) is 0 Å². The fraction of sp³-hybridized carbons (Fsp3) is 0.333. The van der Waals surface area contributed by atoms with Crippen LogP contribution in [-0.2, 0) is 0 Å². The Morgan fingerprint density at radius 3 is 2.79 bits per heavy atom. The van der Waals surface area contributed by atoms with Gasteiger partial charge in [0.25, 0.3) is 5.91 Å². The van der Waals surface area contributed by atoms with Crippen molar-refractivity contribution in [2.45, 2.75) is 25.8 Å². The van der Waals surface area contributed by atoms with Gasteiger partial charge in [0.05, 0.1) is 11.1 Å². The second-order valence-electron chi connectivity index (χ2n) is 4.88. The van der Waals surface area contributed by atoms with Gasteiger partial charge >= 0.3 is 0 Å². The van der Waals surface area contributed by atoms with Crippen LogP contribution in [-0.4, -0.2) is 21.8 Å². The molecule has 0 fully saturated rings. The highest BCUT2D eigenvalue weighted by molar-refractivity contribution is 9.09. The normalized spacial score (nSPS) is 14.1. The quantitative estimate of drug-likeness (QED) is 0.876. The van der Waals surface area contributed by atoms with Gasteiger partial charge in [-0.1, -0.05) is 41.1 Å². The molecule has 100 valence electrons. The first kappa shape index (κ1) is 14.0. The molecule has 1 heterocycles. The number of benzene rings is 1. The maximum Gasteiger partial charge on any atom is 0.253 e. The van der Waals surface area contributed by atoms with E-state index >= 15 is 0 Å². The fourth-order valence-electron chi connectivity index (χ4n) is 1.85. The molecular weight excluding hydrogens is 304 g/mol. The summed E-state index contributed by atoms with van der Waals surface area (Å²) in [7, 11) is 0. The van der Waals surface area contributed by atoms with E-state index < -0.39 is 0 Å². The molecule has 0 aliphatic heterocycles. The second kappa shape index (κ2) is 5.70. The summed E-state index contributed by atoms with van der Waals surface area (Å²) < 4.78 is 0. The largest absolute Gasteiger partial charge is 0.346 e. The molecule has 0 saturated heterocycles. The minimum Gasteiger partial charge on any atom is -0.346 e. The number of amides is 1. The molecule has 1 aromatic heterocycles. The van der Waals surface area contributed by atoms with E-state index in [1.54, 1.807) is 6.20 Å². The third kappa shape index (κ3) is 2.95. The number of aromatic nitrogens is 1. The van der Waals surface area contributed by atoms with E-state index in [2.05, 4.69) is 33.2 Å². The van der Waals surface area contributed by atoms with Gasteiger partial charge < -0.3 is 5.32 Å². The van der Waals surface area contributed by atoms with E-state index in [4.69, 9.17) is 0 Å². The molecule has 1 unspecified atom stereocenters. The number of para-hydroxylation sites is 1. The SMILES string of the molecule is CCC(C)(CBr)NC(=O)c1cccc2cccnc12. The topological polar surface area (TPSA) is 42.0 Å². The zero-order valence-corrected chi connectivity index (χ0v) is 12.7. The Balaban J connectivity index is 2.37. The van der Waals surface area contributed by atoms with Crippen LogP contribution in [0.25, 0.3) is 10.9 Å². The van der Waals surface area contributed by atoms with Gasteiger partial charge in [-0.05, 0) is 25.5 Å². The Hall–Kier alpha value is -1.42. The van der Waals surface area contributed by atoms with Crippen molar-refractivity contribution in [3.05, 3.63) is 42.1 Å². The van der Waals surface area contributed by atoms with Gasteiger partial charge in [-0.2, -0.15) is 0 Å². The summed E-state index contributed by atoms with van der Waals surface area (Å²) in [6.45, 7) is 4.08. The first-order valence-electron chi connectivity index (χ1n) is 6.32. The maximum absolute atomic E-state index is 12.4. The Morgan fingerprint density at radius 1 is 1.37 bits per heavy atom. The van der Waals surface area contributed by atoms with Gasteiger partial charge in [-0.25, -0.2) is 0 Å². The fourth-order valence-corrected chi connectivity index (χ4v) is 2.38. The summed E-state index contributed by atoms with van der Waals surface area (Å²) in [5.41, 5.74) is 1.13. The number of hydrogen-bond acceptors (Lipinski definition) is 2. The molecule has 0 bridgehead atoms. The van der Waals surface area contributed by atoms with Crippen molar-refractivity contribution >= 4 is 32.7 Å². The van der Waals surface area contributed by atoms with Crippen molar-refractivity contribution in [2.24, 2.45) is 0 Å². The van der Waals surface area contributed by atoms with Crippen LogP contribution in [0, 0.1) is 0 Å². The highest BCUT2D eigenvalue weighted by Crippen LogP contribution is 2.18. The predicted octanol–water partition coefficient (Wildman–Crippen LogP) is 3.53. The van der Waals surface area contributed by atoms with Crippen LogP contribution in [0.2, 0.25) is 0 Å². The van der Waals surface area contributed by atoms with E-state index in [9.17, 15) is 4.79 Å². The van der Waals surface area contributed by atoms with E-state index in [1.165, 1.54) is 0 Å². The van der Waals surface area contributed by atoms with E-state index in [0.717, 1.165) is 22.7 Å². The highest BCUT2D eigenvalue weighted by atomic mass is 79.9. The number of fused-ring (bicyclic) bond motifs is 1. The van der Waals surface area contributed by atoms with E-state index in [-0.39, 0.29) is 11.4 Å². The zero-order chi connectivity index (χ0) is 13.9. The van der Waals surface area contributed by atoms with Gasteiger partial charge in [0.15, 0.2) is 0 Å². The number of halogens is 1. The molecule has 2 rings (SSSR count). The first-order valence-corrected chi connectivity index (χ1v) is 7.44. The standard InChI is InChI=1S/C15H17BrN2O/c1-3-15(2,10-16)18-14(19)12-8-4-6-11-7-5-9-17-13(11)12/h4-9H,3,10H2,1-2H3,(H,18,19). The van der Waals surface area contributed by atoms with Crippen molar-refractivity contribution in [3.8, 4) is 0 Å². The summed E-state index contributed by atoms with van der Waals surface area (Å²) in [5.74, 6) is -0.0758. The van der Waals surface area contributed by atoms with Crippen molar-refractivity contribution in [1.29, 1.82) is 0 Å². The van der Waals surface area contributed by atoms with Crippen molar-refractivity contribution in [1.82, 2.24) is 10.3 Å². The molecule has 0 spiro atoms. The van der Waals surface area contributed by atoms with Gasteiger partial charge in [0.1, 0.15) is 0 Å². The van der Waals surface area contributed by atoms with Crippen LogP contribution >= 0.6 is 15.9 Å². The summed E-state index contributed by atoms with van der Waals surface area (Å²) >= 11 is 3.45. The highest BCUT2D eigenvalue weighted by Gasteiger charge is 2.24. The van der Waals surface area contributed by atoms with E-state index in [0.29, 0.717) is 5.56 Å². The minimum absolute atomic E-state index is 0.0758. The molecule has 1 atom stereocenters. The second-order valence-corrected chi connectivity index (χ2v) is 5.44. The average Bonchev–Trinajstić information content (AvgIpc) is 2.46. The zero-order valence-electron chi connectivity index (χ0n) is 11.1. The van der Waals surface area contributed by atoms with Gasteiger partial charge in [-0.3, -0.25) is 9.78 Å². The molecule has 0 saturated carbocycles. The van der Waals surface area contributed by atoms with Gasteiger partial charge in [0, 0.05) is 22.5 Å². The molecule has 3 nitrogen and oxygen atoms in total. The molecule has 0 aliphatic rings. The Labute approximate surface area is 121 Å². The van der Waals surface area contributed by atoms with Crippen molar-refractivity contribution in [3.63, 3.8) is 0 Å². The minimum atomic E-state index is -0.242. The number of carbonyl (C=O) groups excluding carboxylic acids is 1. The lowest BCUT2D eigenvalue weighted by atomic mass is 10.0. The van der Waals surface area contributed by atoms with Gasteiger partial charge in [-0.15, -0.1) is 0 Å². The first-order chi connectivity index (χ1) is 9.09. The lowest BCUT2D eigenvalue weighted by Crippen LogP contribution is -2.47.